The van der Waals surface area contributed by atoms with Gasteiger partial charge in [0.15, 0.2) is 0 Å². The third kappa shape index (κ3) is 3.58. The summed E-state index contributed by atoms with van der Waals surface area (Å²) in [6.45, 7) is -0.391. The first-order valence-corrected chi connectivity index (χ1v) is 10.7. The summed E-state index contributed by atoms with van der Waals surface area (Å²) in [5.74, 6) is -0.249. The molecule has 0 unspecified atom stereocenters. The zero-order valence-electron chi connectivity index (χ0n) is 16.3. The van der Waals surface area contributed by atoms with Crippen molar-refractivity contribution in [2.75, 3.05) is 11.9 Å². The van der Waals surface area contributed by atoms with E-state index in [4.69, 9.17) is 4.74 Å². The minimum absolute atomic E-state index is 0.249. The largest absolute Gasteiger partial charge is 0.394 e. The van der Waals surface area contributed by atoms with Crippen LogP contribution in [0.5, 0.6) is 0 Å². The first-order valence-electron chi connectivity index (χ1n) is 9.87. The van der Waals surface area contributed by atoms with Gasteiger partial charge in [0, 0.05) is 16.6 Å². The van der Waals surface area contributed by atoms with E-state index in [1.54, 1.807) is 18.2 Å². The van der Waals surface area contributed by atoms with E-state index in [2.05, 4.69) is 10.3 Å². The normalized spacial score (nSPS) is 23.5. The number of aliphatic hydroxyl groups excluding tert-OH is 3. The minimum atomic E-state index is -1.18. The second kappa shape index (κ2) is 7.99. The smallest absolute Gasteiger partial charge is 0.255 e. The fourth-order valence-electron chi connectivity index (χ4n) is 3.84. The highest BCUT2D eigenvalue weighted by Gasteiger charge is 2.44. The topological polar surface area (TPSA) is 112 Å². The van der Waals surface area contributed by atoms with Crippen LogP contribution in [0.25, 0.3) is 21.0 Å². The average molecular weight is 436 g/mol. The Hall–Kier alpha value is -2.88. The van der Waals surface area contributed by atoms with Gasteiger partial charge in [0.2, 0.25) is 0 Å². The molecule has 1 aliphatic heterocycles. The number of thiazole rings is 1. The number of amides is 1. The van der Waals surface area contributed by atoms with Crippen LogP contribution in [0, 0.1) is 0 Å². The van der Waals surface area contributed by atoms with Crippen LogP contribution in [-0.2, 0) is 4.74 Å². The predicted octanol–water partition coefficient (Wildman–Crippen LogP) is 2.86. The number of nitrogens with one attached hydrogen (secondary N) is 1. The predicted molar refractivity (Wildman–Crippen MR) is 118 cm³/mol. The van der Waals surface area contributed by atoms with Crippen LogP contribution in [-0.4, -0.2) is 51.1 Å². The second-order valence-corrected chi connectivity index (χ2v) is 8.54. The second-order valence-electron chi connectivity index (χ2n) is 7.47. The quantitative estimate of drug-likeness (QED) is 0.391. The molecule has 1 aromatic heterocycles. The lowest BCUT2D eigenvalue weighted by Crippen LogP contribution is -2.32. The van der Waals surface area contributed by atoms with Crippen LogP contribution in [0.1, 0.15) is 21.5 Å². The first kappa shape index (κ1) is 20.0. The summed E-state index contributed by atoms with van der Waals surface area (Å²) >= 11 is 1.32. The molecule has 4 N–H and O–H groups in total. The van der Waals surface area contributed by atoms with Gasteiger partial charge in [0.1, 0.15) is 29.4 Å². The summed E-state index contributed by atoms with van der Waals surface area (Å²) in [6, 6.07) is 18.8. The maximum Gasteiger partial charge on any atom is 0.255 e. The molecule has 2 heterocycles. The Morgan fingerprint density at radius 1 is 1.06 bits per heavy atom. The summed E-state index contributed by atoms with van der Waals surface area (Å²) in [5, 5.41) is 35.0. The van der Waals surface area contributed by atoms with E-state index in [0.29, 0.717) is 16.1 Å². The number of benzene rings is 3. The van der Waals surface area contributed by atoms with Gasteiger partial charge < -0.3 is 25.4 Å². The Bertz CT molecular complexity index is 1270. The first-order chi connectivity index (χ1) is 15.0. The molecule has 0 aliphatic carbocycles. The molecule has 1 saturated heterocycles. The number of fused-ring (bicyclic) bond motifs is 2. The van der Waals surface area contributed by atoms with Gasteiger partial charge in [-0.2, -0.15) is 0 Å². The molecule has 0 bridgehead atoms. The van der Waals surface area contributed by atoms with E-state index < -0.39 is 31.0 Å². The summed E-state index contributed by atoms with van der Waals surface area (Å²) in [7, 11) is 0. The molecule has 0 saturated carbocycles. The molecule has 5 rings (SSSR count). The lowest BCUT2D eigenvalue weighted by Gasteiger charge is -2.11. The van der Waals surface area contributed by atoms with Crippen molar-refractivity contribution in [3.63, 3.8) is 0 Å². The zero-order valence-corrected chi connectivity index (χ0v) is 17.1. The Morgan fingerprint density at radius 3 is 2.68 bits per heavy atom. The number of rotatable bonds is 4. The Morgan fingerprint density at radius 2 is 1.87 bits per heavy atom. The number of hydrogen-bond donors (Lipinski definition) is 4. The standard InChI is InChI=1S/C23H20N2O5S/c26-11-17-19(27)20(28)21(30-17)23-25-16-10-13(8-9-18(16)31-23)22(29)24-15-7-3-5-12-4-1-2-6-14(12)15/h1-10,17,19-21,26-28H,11H2,(H,24,29)/t17-,19-,20-,21-/m1/s1. The van der Waals surface area contributed by atoms with Crippen LogP contribution in [0.15, 0.2) is 60.7 Å². The van der Waals surface area contributed by atoms with Gasteiger partial charge in [-0.25, -0.2) is 4.98 Å². The van der Waals surface area contributed by atoms with Gasteiger partial charge in [0.05, 0.1) is 16.8 Å². The van der Waals surface area contributed by atoms with Crippen LogP contribution in [0.4, 0.5) is 5.69 Å². The van der Waals surface area contributed by atoms with Gasteiger partial charge in [-0.05, 0) is 29.7 Å². The number of aliphatic hydroxyl groups is 3. The molecule has 31 heavy (non-hydrogen) atoms. The molecular formula is C23H20N2O5S. The number of hydrogen-bond acceptors (Lipinski definition) is 7. The van der Waals surface area contributed by atoms with E-state index in [1.807, 2.05) is 42.5 Å². The van der Waals surface area contributed by atoms with Crippen molar-refractivity contribution in [2.24, 2.45) is 0 Å². The SMILES string of the molecule is O=C(Nc1cccc2ccccc12)c1ccc2sc([C@@H]3O[C@H](CO)[C@@H](O)[C@H]3O)nc2c1. The maximum absolute atomic E-state index is 12.9. The molecule has 0 spiro atoms. The molecule has 4 atom stereocenters. The summed E-state index contributed by atoms with van der Waals surface area (Å²) in [5.41, 5.74) is 1.79. The van der Waals surface area contributed by atoms with Crippen molar-refractivity contribution < 1.29 is 24.9 Å². The van der Waals surface area contributed by atoms with Crippen molar-refractivity contribution >= 4 is 43.9 Å². The lowest BCUT2D eigenvalue weighted by atomic mass is 10.1. The van der Waals surface area contributed by atoms with E-state index in [1.165, 1.54) is 11.3 Å². The highest BCUT2D eigenvalue weighted by molar-refractivity contribution is 7.18. The maximum atomic E-state index is 12.9. The molecule has 3 aromatic carbocycles. The number of ether oxygens (including phenoxy) is 1. The third-order valence-corrected chi connectivity index (χ3v) is 6.59. The van der Waals surface area contributed by atoms with Gasteiger partial charge in [-0.3, -0.25) is 4.79 Å². The molecular weight excluding hydrogens is 416 g/mol. The number of nitrogens with zero attached hydrogens (tertiary/aromatic N) is 1. The highest BCUT2D eigenvalue weighted by atomic mass is 32.1. The molecule has 1 amide bonds. The van der Waals surface area contributed by atoms with Crippen molar-refractivity contribution in [1.29, 1.82) is 0 Å². The molecule has 8 heteroatoms. The van der Waals surface area contributed by atoms with Crippen molar-refractivity contribution in [2.45, 2.75) is 24.4 Å². The fourth-order valence-corrected chi connectivity index (χ4v) is 4.87. The summed E-state index contributed by atoms with van der Waals surface area (Å²) < 4.78 is 6.40. The van der Waals surface area contributed by atoms with Crippen LogP contribution in [0.3, 0.4) is 0 Å². The van der Waals surface area contributed by atoms with Crippen molar-refractivity contribution in [3.8, 4) is 0 Å². The Labute approximate surface area is 181 Å². The number of aromatic nitrogens is 1. The molecule has 1 fully saturated rings. The Balaban J connectivity index is 1.42. The molecule has 0 radical (unpaired) electrons. The lowest BCUT2D eigenvalue weighted by molar-refractivity contribution is -0.0227. The Kier molecular flexibility index (Phi) is 5.17. The minimum Gasteiger partial charge on any atom is -0.394 e. The molecule has 4 aromatic rings. The highest BCUT2D eigenvalue weighted by Crippen LogP contribution is 2.37. The van der Waals surface area contributed by atoms with Crippen LogP contribution in [0.2, 0.25) is 0 Å². The van der Waals surface area contributed by atoms with Crippen molar-refractivity contribution in [1.82, 2.24) is 4.98 Å². The number of carbonyl (C=O) groups is 1. The molecule has 158 valence electrons. The van der Waals surface area contributed by atoms with Gasteiger partial charge in [-0.1, -0.05) is 36.4 Å². The molecule has 7 nitrogen and oxygen atoms in total. The molecule has 1 aliphatic rings. The number of anilines is 1. The van der Waals surface area contributed by atoms with Gasteiger partial charge in [0.25, 0.3) is 5.91 Å². The fraction of sp³-hybridized carbons (Fsp3) is 0.217. The monoisotopic (exact) mass is 436 g/mol. The van der Waals surface area contributed by atoms with E-state index in [9.17, 15) is 20.1 Å². The summed E-state index contributed by atoms with van der Waals surface area (Å²) in [4.78, 5) is 17.4. The van der Waals surface area contributed by atoms with E-state index >= 15 is 0 Å². The summed E-state index contributed by atoms with van der Waals surface area (Å²) in [6.07, 6.45) is -4.03. The van der Waals surface area contributed by atoms with Crippen molar-refractivity contribution in [3.05, 3.63) is 71.2 Å². The van der Waals surface area contributed by atoms with Gasteiger partial charge in [-0.15, -0.1) is 11.3 Å². The third-order valence-electron chi connectivity index (χ3n) is 5.49. The average Bonchev–Trinajstić information content (AvgIpc) is 3.34. The number of carbonyl (C=O) groups excluding carboxylic acids is 1. The van der Waals surface area contributed by atoms with E-state index in [-0.39, 0.29) is 5.91 Å². The van der Waals surface area contributed by atoms with Gasteiger partial charge >= 0.3 is 0 Å². The van der Waals surface area contributed by atoms with Crippen LogP contribution < -0.4 is 5.32 Å². The van der Waals surface area contributed by atoms with E-state index in [0.717, 1.165) is 21.2 Å². The van der Waals surface area contributed by atoms with Crippen LogP contribution >= 0.6 is 11.3 Å². The zero-order chi connectivity index (χ0) is 21.5.